The Morgan fingerprint density at radius 3 is 2.58 bits per heavy atom. The molecule has 19 heavy (non-hydrogen) atoms. The summed E-state index contributed by atoms with van der Waals surface area (Å²) in [5, 5.41) is 9.57. The van der Waals surface area contributed by atoms with E-state index in [4.69, 9.17) is 5.73 Å². The first-order valence-electron chi connectivity index (χ1n) is 6.82. The minimum Gasteiger partial charge on any atom is -0.399 e. The van der Waals surface area contributed by atoms with Gasteiger partial charge >= 0.3 is 0 Å². The number of aliphatic hydroxyl groups is 1. The Morgan fingerprint density at radius 2 is 2.05 bits per heavy atom. The van der Waals surface area contributed by atoms with Gasteiger partial charge in [0.2, 0.25) is 0 Å². The number of carbonyl (C=O) groups is 1. The molecule has 0 aromatic heterocycles. The molecule has 1 fully saturated rings. The Kier molecular flexibility index (Phi) is 4.10. The minimum absolute atomic E-state index is 0.0622. The topological polar surface area (TPSA) is 66.6 Å². The van der Waals surface area contributed by atoms with Crippen molar-refractivity contribution in [1.29, 1.82) is 0 Å². The number of nitrogen functional groups attached to an aromatic ring is 1. The first-order chi connectivity index (χ1) is 8.99. The van der Waals surface area contributed by atoms with Crippen LogP contribution in [-0.4, -0.2) is 35.1 Å². The van der Waals surface area contributed by atoms with Gasteiger partial charge in [-0.3, -0.25) is 4.79 Å². The Bertz CT molecular complexity index is 463. The van der Waals surface area contributed by atoms with E-state index in [-0.39, 0.29) is 12.0 Å². The van der Waals surface area contributed by atoms with E-state index in [1.165, 1.54) is 0 Å². The fraction of sp³-hybridized carbons (Fsp3) is 0.533. The molecule has 0 radical (unpaired) electrons. The summed E-state index contributed by atoms with van der Waals surface area (Å²) in [4.78, 5) is 14.2. The first-order valence-corrected chi connectivity index (χ1v) is 6.82. The molecule has 104 valence electrons. The number of aryl methyl sites for hydroxylation is 1. The van der Waals surface area contributed by atoms with Crippen LogP contribution in [0.2, 0.25) is 0 Å². The molecule has 1 aliphatic heterocycles. The van der Waals surface area contributed by atoms with Crippen molar-refractivity contribution in [3.05, 3.63) is 29.3 Å². The molecule has 0 aliphatic carbocycles. The van der Waals surface area contributed by atoms with Crippen LogP contribution >= 0.6 is 0 Å². The predicted octanol–water partition coefficient (Wildman–Crippen LogP) is 1.81. The number of likely N-dealkylation sites (tertiary alicyclic amines) is 1. The molecule has 3 N–H and O–H groups in total. The summed E-state index contributed by atoms with van der Waals surface area (Å²) in [5.74, 6) is 0.379. The van der Waals surface area contributed by atoms with Crippen LogP contribution in [0.15, 0.2) is 18.2 Å². The van der Waals surface area contributed by atoms with Gasteiger partial charge < -0.3 is 15.7 Å². The van der Waals surface area contributed by atoms with E-state index in [0.29, 0.717) is 17.2 Å². The van der Waals surface area contributed by atoms with E-state index in [0.717, 1.165) is 31.5 Å². The lowest BCUT2D eigenvalue weighted by atomic mass is 9.92. The quantitative estimate of drug-likeness (QED) is 0.799. The fourth-order valence-electron chi connectivity index (χ4n) is 2.58. The molecule has 1 aromatic carbocycles. The van der Waals surface area contributed by atoms with Crippen LogP contribution in [0.1, 0.15) is 35.7 Å². The first kappa shape index (κ1) is 13.9. The maximum Gasteiger partial charge on any atom is 0.253 e. The Hall–Kier alpha value is -1.55. The summed E-state index contributed by atoms with van der Waals surface area (Å²) in [6, 6.07) is 5.41. The van der Waals surface area contributed by atoms with Gasteiger partial charge in [-0.15, -0.1) is 0 Å². The summed E-state index contributed by atoms with van der Waals surface area (Å²) in [6.07, 6.45) is 1.46. The van der Waals surface area contributed by atoms with E-state index in [1.807, 2.05) is 24.8 Å². The molecule has 1 unspecified atom stereocenters. The number of piperidine rings is 1. The lowest BCUT2D eigenvalue weighted by Crippen LogP contribution is -2.40. The second kappa shape index (κ2) is 5.61. The summed E-state index contributed by atoms with van der Waals surface area (Å²) in [5.41, 5.74) is 8.11. The zero-order valence-electron chi connectivity index (χ0n) is 11.6. The van der Waals surface area contributed by atoms with Crippen molar-refractivity contribution in [2.75, 3.05) is 18.8 Å². The van der Waals surface area contributed by atoms with Crippen LogP contribution in [0, 0.1) is 12.8 Å². The SMILES string of the molecule is Cc1cc(C(=O)N2CCC(C(C)O)CC2)ccc1N. The van der Waals surface area contributed by atoms with Gasteiger partial charge in [0.05, 0.1) is 6.10 Å². The molecule has 1 heterocycles. The highest BCUT2D eigenvalue weighted by Crippen LogP contribution is 2.22. The number of nitrogens with zero attached hydrogens (tertiary/aromatic N) is 1. The average Bonchev–Trinajstić information content (AvgIpc) is 2.41. The lowest BCUT2D eigenvalue weighted by Gasteiger charge is -2.33. The molecule has 1 aliphatic rings. The number of anilines is 1. The second-order valence-corrected chi connectivity index (χ2v) is 5.44. The van der Waals surface area contributed by atoms with Crippen LogP contribution in [-0.2, 0) is 0 Å². The minimum atomic E-state index is -0.281. The molecular formula is C15H22N2O2. The maximum absolute atomic E-state index is 12.4. The van der Waals surface area contributed by atoms with Gasteiger partial charge in [-0.25, -0.2) is 0 Å². The standard InChI is InChI=1S/C15H22N2O2/c1-10-9-13(3-4-14(10)16)15(19)17-7-5-12(6-8-17)11(2)18/h3-4,9,11-12,18H,5-8,16H2,1-2H3. The molecule has 0 saturated carbocycles. The third-order valence-corrected chi connectivity index (χ3v) is 4.03. The Labute approximate surface area is 114 Å². The number of carbonyl (C=O) groups excluding carboxylic acids is 1. The number of hydrogen-bond donors (Lipinski definition) is 2. The van der Waals surface area contributed by atoms with Gasteiger partial charge in [-0.05, 0) is 56.4 Å². The van der Waals surface area contributed by atoms with E-state index in [1.54, 1.807) is 12.1 Å². The van der Waals surface area contributed by atoms with Crippen LogP contribution in [0.5, 0.6) is 0 Å². The zero-order chi connectivity index (χ0) is 14.0. The smallest absolute Gasteiger partial charge is 0.253 e. The highest BCUT2D eigenvalue weighted by Gasteiger charge is 2.26. The molecule has 2 rings (SSSR count). The third kappa shape index (κ3) is 3.07. The molecule has 4 heteroatoms. The van der Waals surface area contributed by atoms with E-state index in [9.17, 15) is 9.90 Å². The molecule has 4 nitrogen and oxygen atoms in total. The number of rotatable bonds is 2. The number of benzene rings is 1. The van der Waals surface area contributed by atoms with Crippen LogP contribution in [0.4, 0.5) is 5.69 Å². The van der Waals surface area contributed by atoms with Gasteiger partial charge in [0.15, 0.2) is 0 Å². The van der Waals surface area contributed by atoms with Crippen molar-refractivity contribution in [1.82, 2.24) is 4.90 Å². The van der Waals surface area contributed by atoms with Gasteiger partial charge in [-0.2, -0.15) is 0 Å². The van der Waals surface area contributed by atoms with Gasteiger partial charge in [0.25, 0.3) is 5.91 Å². The summed E-state index contributed by atoms with van der Waals surface area (Å²) in [7, 11) is 0. The Morgan fingerprint density at radius 1 is 1.42 bits per heavy atom. The van der Waals surface area contributed by atoms with E-state index < -0.39 is 0 Å². The average molecular weight is 262 g/mol. The summed E-state index contributed by atoms with van der Waals surface area (Å²) >= 11 is 0. The van der Waals surface area contributed by atoms with E-state index in [2.05, 4.69) is 0 Å². The summed E-state index contributed by atoms with van der Waals surface area (Å²) < 4.78 is 0. The van der Waals surface area contributed by atoms with Crippen LogP contribution in [0.25, 0.3) is 0 Å². The normalized spacial score (nSPS) is 18.4. The van der Waals surface area contributed by atoms with Crippen molar-refractivity contribution < 1.29 is 9.90 Å². The fourth-order valence-corrected chi connectivity index (χ4v) is 2.58. The van der Waals surface area contributed by atoms with Gasteiger partial charge in [0.1, 0.15) is 0 Å². The van der Waals surface area contributed by atoms with Gasteiger partial charge in [0, 0.05) is 24.3 Å². The Balaban J connectivity index is 2.03. The number of amides is 1. The maximum atomic E-state index is 12.4. The monoisotopic (exact) mass is 262 g/mol. The third-order valence-electron chi connectivity index (χ3n) is 4.03. The molecule has 1 saturated heterocycles. The van der Waals surface area contributed by atoms with Crippen molar-refractivity contribution in [2.24, 2.45) is 5.92 Å². The van der Waals surface area contributed by atoms with Crippen molar-refractivity contribution in [3.8, 4) is 0 Å². The van der Waals surface area contributed by atoms with Crippen LogP contribution < -0.4 is 5.73 Å². The van der Waals surface area contributed by atoms with E-state index >= 15 is 0 Å². The predicted molar refractivity (Wildman–Crippen MR) is 75.9 cm³/mol. The molecule has 1 aromatic rings. The molecular weight excluding hydrogens is 240 g/mol. The summed E-state index contributed by atoms with van der Waals surface area (Å²) in [6.45, 7) is 5.17. The largest absolute Gasteiger partial charge is 0.399 e. The molecule has 0 spiro atoms. The number of aliphatic hydroxyl groups excluding tert-OH is 1. The van der Waals surface area contributed by atoms with Gasteiger partial charge in [-0.1, -0.05) is 0 Å². The zero-order valence-corrected chi connectivity index (χ0v) is 11.6. The highest BCUT2D eigenvalue weighted by atomic mass is 16.3. The second-order valence-electron chi connectivity index (χ2n) is 5.44. The van der Waals surface area contributed by atoms with Crippen molar-refractivity contribution in [3.63, 3.8) is 0 Å². The number of hydrogen-bond acceptors (Lipinski definition) is 3. The van der Waals surface area contributed by atoms with Crippen molar-refractivity contribution in [2.45, 2.75) is 32.8 Å². The number of nitrogens with two attached hydrogens (primary N) is 1. The van der Waals surface area contributed by atoms with Crippen molar-refractivity contribution >= 4 is 11.6 Å². The highest BCUT2D eigenvalue weighted by molar-refractivity contribution is 5.94. The molecule has 1 atom stereocenters. The van der Waals surface area contributed by atoms with Crippen LogP contribution in [0.3, 0.4) is 0 Å². The lowest BCUT2D eigenvalue weighted by molar-refractivity contribution is 0.0521. The molecule has 0 bridgehead atoms. The molecule has 1 amide bonds.